The Morgan fingerprint density at radius 3 is 2.41 bits per heavy atom. The van der Waals surface area contributed by atoms with Gasteiger partial charge in [0.15, 0.2) is 0 Å². The van der Waals surface area contributed by atoms with Crippen molar-refractivity contribution < 1.29 is 4.42 Å². The van der Waals surface area contributed by atoms with Gasteiger partial charge in [-0.05, 0) is 38.0 Å². The second kappa shape index (κ2) is 5.19. The van der Waals surface area contributed by atoms with Crippen LogP contribution in [-0.4, -0.2) is 0 Å². The molecule has 0 amide bonds. The summed E-state index contributed by atoms with van der Waals surface area (Å²) in [7, 11) is 0. The highest BCUT2D eigenvalue weighted by Gasteiger charge is 2.07. The van der Waals surface area contributed by atoms with E-state index >= 15 is 0 Å². The second-order valence-electron chi connectivity index (χ2n) is 4.54. The highest BCUT2D eigenvalue weighted by molar-refractivity contribution is 5.24. The molecule has 0 radical (unpaired) electrons. The first kappa shape index (κ1) is 11.9. The maximum Gasteiger partial charge on any atom is 0.120 e. The van der Waals surface area contributed by atoms with E-state index < -0.39 is 0 Å². The number of rotatable bonds is 4. The minimum Gasteiger partial charge on any atom is -0.468 e. The predicted octanol–water partition coefficient (Wildman–Crippen LogP) is 3.75. The van der Waals surface area contributed by atoms with Crippen molar-refractivity contribution in [3.63, 3.8) is 0 Å². The molecule has 1 atom stereocenters. The number of nitrogens with one attached hydrogen (secondary N) is 1. The van der Waals surface area contributed by atoms with Gasteiger partial charge in [0.1, 0.15) is 5.76 Å². The maximum atomic E-state index is 5.41. The van der Waals surface area contributed by atoms with E-state index in [2.05, 4.69) is 50.4 Å². The molecule has 2 nitrogen and oxygen atoms in total. The molecule has 90 valence electrons. The summed E-state index contributed by atoms with van der Waals surface area (Å²) in [5.74, 6) is 1.02. The van der Waals surface area contributed by atoms with Crippen molar-refractivity contribution in [2.24, 2.45) is 0 Å². The molecule has 0 spiro atoms. The minimum absolute atomic E-state index is 0.333. The van der Waals surface area contributed by atoms with Gasteiger partial charge in [0.05, 0.1) is 12.8 Å². The van der Waals surface area contributed by atoms with Crippen molar-refractivity contribution in [1.29, 1.82) is 0 Å². The molecule has 1 aromatic heterocycles. The van der Waals surface area contributed by atoms with Crippen LogP contribution in [0.3, 0.4) is 0 Å². The third-order valence-electron chi connectivity index (χ3n) is 3.11. The van der Waals surface area contributed by atoms with Gasteiger partial charge in [0.25, 0.3) is 0 Å². The molecule has 0 fully saturated rings. The van der Waals surface area contributed by atoms with Crippen molar-refractivity contribution >= 4 is 0 Å². The first-order chi connectivity index (χ1) is 8.16. The summed E-state index contributed by atoms with van der Waals surface area (Å²) < 4.78 is 5.41. The van der Waals surface area contributed by atoms with Crippen LogP contribution in [0.25, 0.3) is 0 Å². The number of benzene rings is 1. The van der Waals surface area contributed by atoms with E-state index in [-0.39, 0.29) is 0 Å². The minimum atomic E-state index is 0.333. The Balaban J connectivity index is 1.95. The summed E-state index contributed by atoms with van der Waals surface area (Å²) in [6.07, 6.45) is 1.74. The van der Waals surface area contributed by atoms with Crippen molar-refractivity contribution in [3.8, 4) is 0 Å². The first-order valence-corrected chi connectivity index (χ1v) is 6.00. The van der Waals surface area contributed by atoms with Crippen LogP contribution in [0.2, 0.25) is 0 Å². The van der Waals surface area contributed by atoms with Gasteiger partial charge in [0.2, 0.25) is 0 Å². The number of hydrogen-bond acceptors (Lipinski definition) is 2. The van der Waals surface area contributed by atoms with E-state index in [0.29, 0.717) is 6.04 Å². The molecule has 2 heteroatoms. The predicted molar refractivity (Wildman–Crippen MR) is 69.9 cm³/mol. The lowest BCUT2D eigenvalue weighted by atomic mass is 10.1. The van der Waals surface area contributed by atoms with Gasteiger partial charge in [-0.2, -0.15) is 0 Å². The van der Waals surface area contributed by atoms with Gasteiger partial charge in [-0.15, -0.1) is 0 Å². The van der Waals surface area contributed by atoms with Gasteiger partial charge in [-0.1, -0.05) is 29.8 Å². The molecular formula is C15H19NO. The van der Waals surface area contributed by atoms with Gasteiger partial charge < -0.3 is 9.73 Å². The summed E-state index contributed by atoms with van der Waals surface area (Å²) in [5.41, 5.74) is 3.80. The average molecular weight is 229 g/mol. The van der Waals surface area contributed by atoms with E-state index in [0.717, 1.165) is 12.3 Å². The molecule has 2 aromatic rings. The topological polar surface area (TPSA) is 25.2 Å². The highest BCUT2D eigenvalue weighted by atomic mass is 16.3. The number of aryl methyl sites for hydroxylation is 2. The molecule has 0 aliphatic heterocycles. The Labute approximate surface area is 103 Å². The maximum absolute atomic E-state index is 5.41. The molecule has 1 aromatic carbocycles. The van der Waals surface area contributed by atoms with E-state index in [9.17, 15) is 0 Å². The van der Waals surface area contributed by atoms with E-state index in [1.807, 2.05) is 6.07 Å². The molecule has 17 heavy (non-hydrogen) atoms. The third-order valence-corrected chi connectivity index (χ3v) is 3.11. The van der Waals surface area contributed by atoms with Crippen molar-refractivity contribution in [2.75, 3.05) is 0 Å². The Morgan fingerprint density at radius 1 is 1.12 bits per heavy atom. The Hall–Kier alpha value is -1.54. The Bertz CT molecular complexity index is 470. The SMILES string of the molecule is Cc1ccc(C(C)NCc2occc2C)cc1. The highest BCUT2D eigenvalue weighted by Crippen LogP contribution is 2.15. The zero-order valence-corrected chi connectivity index (χ0v) is 10.7. The van der Waals surface area contributed by atoms with Crippen LogP contribution in [0.4, 0.5) is 0 Å². The Kier molecular flexibility index (Phi) is 3.64. The second-order valence-corrected chi connectivity index (χ2v) is 4.54. The molecule has 0 saturated heterocycles. The Morgan fingerprint density at radius 2 is 1.82 bits per heavy atom. The largest absolute Gasteiger partial charge is 0.468 e. The molecule has 0 aliphatic rings. The zero-order valence-electron chi connectivity index (χ0n) is 10.7. The lowest BCUT2D eigenvalue weighted by Crippen LogP contribution is -2.18. The number of hydrogen-bond donors (Lipinski definition) is 1. The molecular weight excluding hydrogens is 210 g/mol. The first-order valence-electron chi connectivity index (χ1n) is 6.00. The lowest BCUT2D eigenvalue weighted by molar-refractivity contribution is 0.458. The van der Waals surface area contributed by atoms with Crippen LogP contribution in [0, 0.1) is 13.8 Å². The van der Waals surface area contributed by atoms with Crippen LogP contribution in [0.15, 0.2) is 41.0 Å². The summed E-state index contributed by atoms with van der Waals surface area (Å²) in [4.78, 5) is 0. The van der Waals surface area contributed by atoms with Gasteiger partial charge >= 0.3 is 0 Å². The zero-order chi connectivity index (χ0) is 12.3. The molecule has 1 heterocycles. The fourth-order valence-electron chi connectivity index (χ4n) is 1.80. The van der Waals surface area contributed by atoms with Gasteiger partial charge in [0, 0.05) is 6.04 Å². The smallest absolute Gasteiger partial charge is 0.120 e. The quantitative estimate of drug-likeness (QED) is 0.863. The summed E-state index contributed by atoms with van der Waals surface area (Å²) >= 11 is 0. The molecule has 0 aliphatic carbocycles. The van der Waals surface area contributed by atoms with Gasteiger partial charge in [-0.3, -0.25) is 0 Å². The standard InChI is InChI=1S/C15H19NO/c1-11-4-6-14(7-5-11)13(3)16-10-15-12(2)8-9-17-15/h4-9,13,16H,10H2,1-3H3. The van der Waals surface area contributed by atoms with E-state index in [1.165, 1.54) is 16.7 Å². The van der Waals surface area contributed by atoms with Crippen molar-refractivity contribution in [1.82, 2.24) is 5.32 Å². The monoisotopic (exact) mass is 229 g/mol. The molecule has 0 saturated carbocycles. The molecule has 0 bridgehead atoms. The van der Waals surface area contributed by atoms with E-state index in [4.69, 9.17) is 4.42 Å². The summed E-state index contributed by atoms with van der Waals surface area (Å²) in [6.45, 7) is 7.11. The average Bonchev–Trinajstić information content (AvgIpc) is 2.73. The van der Waals surface area contributed by atoms with Crippen LogP contribution in [-0.2, 0) is 6.54 Å². The summed E-state index contributed by atoms with van der Waals surface area (Å²) in [5, 5.41) is 3.47. The number of furan rings is 1. The van der Waals surface area contributed by atoms with Gasteiger partial charge in [-0.25, -0.2) is 0 Å². The van der Waals surface area contributed by atoms with Crippen LogP contribution < -0.4 is 5.32 Å². The molecule has 2 rings (SSSR count). The van der Waals surface area contributed by atoms with E-state index in [1.54, 1.807) is 6.26 Å². The fraction of sp³-hybridized carbons (Fsp3) is 0.333. The van der Waals surface area contributed by atoms with Crippen LogP contribution >= 0.6 is 0 Å². The fourth-order valence-corrected chi connectivity index (χ4v) is 1.80. The normalized spacial score (nSPS) is 12.6. The van der Waals surface area contributed by atoms with Crippen molar-refractivity contribution in [2.45, 2.75) is 33.4 Å². The molecule has 1 unspecified atom stereocenters. The summed E-state index contributed by atoms with van der Waals surface area (Å²) in [6, 6.07) is 11.0. The van der Waals surface area contributed by atoms with Crippen LogP contribution in [0.5, 0.6) is 0 Å². The van der Waals surface area contributed by atoms with Crippen molar-refractivity contribution in [3.05, 3.63) is 59.0 Å². The third kappa shape index (κ3) is 2.98. The molecule has 1 N–H and O–H groups in total. The van der Waals surface area contributed by atoms with Crippen LogP contribution in [0.1, 0.15) is 35.4 Å². The lowest BCUT2D eigenvalue weighted by Gasteiger charge is -2.13.